The van der Waals surface area contributed by atoms with Crippen LogP contribution in [-0.2, 0) is 0 Å². The number of hydrogen-bond acceptors (Lipinski definition) is 7. The van der Waals surface area contributed by atoms with Gasteiger partial charge >= 0.3 is 0 Å². The second-order valence-electron chi connectivity index (χ2n) is 8.58. The van der Waals surface area contributed by atoms with E-state index in [0.29, 0.717) is 11.5 Å². The maximum Gasteiger partial charge on any atom is 0.208 e. The van der Waals surface area contributed by atoms with Crippen LogP contribution in [0.25, 0.3) is 11.4 Å². The molecule has 8 nitrogen and oxygen atoms in total. The zero-order valence-corrected chi connectivity index (χ0v) is 18.1. The highest BCUT2D eigenvalue weighted by molar-refractivity contribution is 5.78. The molecule has 1 aromatic carbocycles. The molecule has 1 aromatic rings. The minimum Gasteiger partial charge on any atom is -0.399 e. The molecule has 1 atom stereocenters. The lowest BCUT2D eigenvalue weighted by molar-refractivity contribution is 0.264. The molecule has 4 rings (SSSR count). The summed E-state index contributed by atoms with van der Waals surface area (Å²) in [6.45, 7) is 9.56. The summed E-state index contributed by atoms with van der Waals surface area (Å²) in [5, 5.41) is 22.4. The quantitative estimate of drug-likeness (QED) is 0.532. The fraction of sp³-hybridized carbons (Fsp3) is 0.500. The molecule has 3 heterocycles. The normalized spacial score (nSPS) is 16.9. The molecule has 3 aliphatic heterocycles. The van der Waals surface area contributed by atoms with Crippen LogP contribution in [0.2, 0.25) is 0 Å². The molecular weight excluding hydrogens is 378 g/mol. The third-order valence-corrected chi connectivity index (χ3v) is 5.70. The van der Waals surface area contributed by atoms with Gasteiger partial charge in [0.1, 0.15) is 0 Å². The van der Waals surface area contributed by atoms with Crippen LogP contribution < -0.4 is 16.0 Å². The number of aromatic nitrogens is 4. The van der Waals surface area contributed by atoms with Crippen molar-refractivity contribution in [1.29, 1.82) is 0 Å². The Morgan fingerprint density at radius 1 is 1.17 bits per heavy atom. The predicted octanol–water partition coefficient (Wildman–Crippen LogP) is 3.77. The Bertz CT molecular complexity index is 980. The highest BCUT2D eigenvalue weighted by Gasteiger charge is 2.33. The number of fused-ring (bicyclic) bond motifs is 1. The summed E-state index contributed by atoms with van der Waals surface area (Å²) in [5.41, 5.74) is 10.2. The first-order valence-corrected chi connectivity index (χ1v) is 10.7. The van der Waals surface area contributed by atoms with Crippen LogP contribution >= 0.6 is 0 Å². The van der Waals surface area contributed by atoms with Gasteiger partial charge in [0.25, 0.3) is 0 Å². The van der Waals surface area contributed by atoms with Crippen molar-refractivity contribution in [3.8, 4) is 11.4 Å². The fourth-order valence-corrected chi connectivity index (χ4v) is 4.18. The van der Waals surface area contributed by atoms with Gasteiger partial charge in [-0.1, -0.05) is 13.8 Å². The Hall–Kier alpha value is -2.87. The highest BCUT2D eigenvalue weighted by Crippen LogP contribution is 2.40. The van der Waals surface area contributed by atoms with Crippen molar-refractivity contribution < 1.29 is 5.11 Å². The first-order valence-electron chi connectivity index (χ1n) is 10.7. The van der Waals surface area contributed by atoms with Gasteiger partial charge in [-0.15, -0.1) is 5.10 Å². The predicted molar refractivity (Wildman–Crippen MR) is 121 cm³/mol. The van der Waals surface area contributed by atoms with E-state index in [-0.39, 0.29) is 24.6 Å². The van der Waals surface area contributed by atoms with Gasteiger partial charge in [-0.3, -0.25) is 0 Å². The minimum absolute atomic E-state index is 0.0719. The monoisotopic (exact) mass is 409 g/mol. The van der Waals surface area contributed by atoms with Crippen LogP contribution in [0.15, 0.2) is 24.3 Å². The number of hydrogen-bond donors (Lipinski definition) is 3. The maximum atomic E-state index is 9.94. The molecule has 0 aromatic heterocycles. The molecular formula is C22H31N7O. The molecule has 0 amide bonds. The van der Waals surface area contributed by atoms with E-state index >= 15 is 0 Å². The summed E-state index contributed by atoms with van der Waals surface area (Å²) in [5.74, 6) is 1.75. The van der Waals surface area contributed by atoms with Gasteiger partial charge in [-0.25, -0.2) is 0 Å². The molecule has 1 fully saturated rings. The largest absolute Gasteiger partial charge is 0.399 e. The van der Waals surface area contributed by atoms with E-state index in [0.717, 1.165) is 48.1 Å². The van der Waals surface area contributed by atoms with Crippen molar-refractivity contribution in [3.63, 3.8) is 0 Å². The summed E-state index contributed by atoms with van der Waals surface area (Å²) in [6, 6.07) is 7.81. The van der Waals surface area contributed by atoms with Crippen LogP contribution in [0, 0.1) is 0 Å². The third kappa shape index (κ3) is 3.56. The van der Waals surface area contributed by atoms with Crippen LogP contribution in [0.1, 0.15) is 58.2 Å². The molecule has 8 heteroatoms. The van der Waals surface area contributed by atoms with Crippen molar-refractivity contribution in [2.45, 2.75) is 58.5 Å². The van der Waals surface area contributed by atoms with Gasteiger partial charge in [0.15, 0.2) is 11.5 Å². The molecule has 160 valence electrons. The molecule has 1 unspecified atom stereocenters. The standard InChI is InChI=1S/C22H31N7O/c1-13(2)18-20-19(27-26-18)21(24-16-9-7-15(23)8-10-16)25-22(29(20)14(3)4)28-11-5-6-17(28)12-30/h7-10,13-14,17,24,30H,5-6,11-12,23H2,1-4H3. The van der Waals surface area contributed by atoms with E-state index in [1.54, 1.807) is 0 Å². The Morgan fingerprint density at radius 3 is 2.53 bits per heavy atom. The number of aliphatic hydroxyl groups is 1. The summed E-state index contributed by atoms with van der Waals surface area (Å²) in [7, 11) is 0. The first kappa shape index (κ1) is 20.4. The molecule has 0 aliphatic carbocycles. The van der Waals surface area contributed by atoms with E-state index in [4.69, 9.17) is 10.7 Å². The van der Waals surface area contributed by atoms with Crippen LogP contribution in [0.4, 0.5) is 23.1 Å². The smallest absolute Gasteiger partial charge is 0.208 e. The van der Waals surface area contributed by atoms with Crippen molar-refractivity contribution in [2.24, 2.45) is 0 Å². The molecule has 0 saturated carbocycles. The van der Waals surface area contributed by atoms with E-state index in [9.17, 15) is 5.11 Å². The summed E-state index contributed by atoms with van der Waals surface area (Å²) in [4.78, 5) is 7.25. The van der Waals surface area contributed by atoms with Gasteiger partial charge in [0, 0.05) is 24.0 Å². The number of benzene rings is 1. The lowest BCUT2D eigenvalue weighted by Crippen LogP contribution is -2.36. The average Bonchev–Trinajstić information content (AvgIpc) is 3.36. The lowest BCUT2D eigenvalue weighted by atomic mass is 10.1. The second-order valence-corrected chi connectivity index (χ2v) is 8.58. The Kier molecular flexibility index (Phi) is 5.51. The van der Waals surface area contributed by atoms with Crippen molar-refractivity contribution in [1.82, 2.24) is 19.7 Å². The molecule has 4 N–H and O–H groups in total. The van der Waals surface area contributed by atoms with Gasteiger partial charge < -0.3 is 25.6 Å². The van der Waals surface area contributed by atoms with Crippen molar-refractivity contribution in [2.75, 3.05) is 29.1 Å². The molecule has 0 spiro atoms. The number of anilines is 4. The number of aliphatic hydroxyl groups excluding tert-OH is 1. The summed E-state index contributed by atoms with van der Waals surface area (Å²) >= 11 is 0. The number of nitrogens with zero attached hydrogens (tertiary/aromatic N) is 5. The first-order chi connectivity index (χ1) is 14.4. The minimum atomic E-state index is 0.0719. The molecule has 30 heavy (non-hydrogen) atoms. The SMILES string of the molecule is CC(C)c1nnc2c(Nc3ccc(N)cc3)nc(N3CCCC3CO)n(C(C)C)c1-2. The van der Waals surface area contributed by atoms with Gasteiger partial charge in [-0.2, -0.15) is 10.1 Å². The van der Waals surface area contributed by atoms with E-state index in [1.165, 1.54) is 0 Å². The maximum absolute atomic E-state index is 9.94. The van der Waals surface area contributed by atoms with Crippen LogP contribution in [0.5, 0.6) is 0 Å². The molecule has 1 saturated heterocycles. The lowest BCUT2D eigenvalue weighted by Gasteiger charge is -2.31. The average molecular weight is 410 g/mol. The Labute approximate surface area is 177 Å². The van der Waals surface area contributed by atoms with E-state index < -0.39 is 0 Å². The third-order valence-electron chi connectivity index (χ3n) is 5.70. The zero-order valence-electron chi connectivity index (χ0n) is 18.1. The second kappa shape index (κ2) is 8.10. The Balaban J connectivity index is 1.92. The van der Waals surface area contributed by atoms with Gasteiger partial charge in [0.2, 0.25) is 5.95 Å². The van der Waals surface area contributed by atoms with Crippen LogP contribution in [-0.4, -0.2) is 44.0 Å². The molecule has 0 bridgehead atoms. The fourth-order valence-electron chi connectivity index (χ4n) is 4.18. The Morgan fingerprint density at radius 2 is 1.90 bits per heavy atom. The molecule has 3 aliphatic rings. The van der Waals surface area contributed by atoms with E-state index in [1.807, 2.05) is 24.3 Å². The van der Waals surface area contributed by atoms with Crippen molar-refractivity contribution >= 4 is 23.1 Å². The van der Waals surface area contributed by atoms with Gasteiger partial charge in [-0.05, 0) is 56.9 Å². The number of nitrogens with two attached hydrogens (primary N) is 1. The van der Waals surface area contributed by atoms with Crippen molar-refractivity contribution in [3.05, 3.63) is 30.0 Å². The number of rotatable bonds is 6. The highest BCUT2D eigenvalue weighted by atomic mass is 16.3. The topological polar surface area (TPSA) is 105 Å². The number of nitrogens with one attached hydrogen (secondary N) is 1. The zero-order chi connectivity index (χ0) is 21.4. The molecule has 0 radical (unpaired) electrons. The van der Waals surface area contributed by atoms with Gasteiger partial charge in [0.05, 0.1) is 24.0 Å². The summed E-state index contributed by atoms with van der Waals surface area (Å²) in [6.07, 6.45) is 2.00. The van der Waals surface area contributed by atoms with E-state index in [2.05, 4.69) is 52.7 Å². The summed E-state index contributed by atoms with van der Waals surface area (Å²) < 4.78 is 2.23. The van der Waals surface area contributed by atoms with Crippen LogP contribution in [0.3, 0.4) is 0 Å². The number of nitrogen functional groups attached to an aromatic ring is 1.